The van der Waals surface area contributed by atoms with E-state index < -0.39 is 36.4 Å². The van der Waals surface area contributed by atoms with Gasteiger partial charge in [-0.05, 0) is 70.4 Å². The molecule has 0 unspecified atom stereocenters. The van der Waals surface area contributed by atoms with Crippen LogP contribution < -0.4 is 10.1 Å². The van der Waals surface area contributed by atoms with Crippen LogP contribution in [0.25, 0.3) is 0 Å². The highest BCUT2D eigenvalue weighted by atomic mass is 16.5. The second-order valence-electron chi connectivity index (χ2n) is 11.8. The Bertz CT molecular complexity index is 1220. The van der Waals surface area contributed by atoms with Crippen molar-refractivity contribution in [3.63, 3.8) is 0 Å². The number of aliphatic carboxylic acids is 3. The highest BCUT2D eigenvalue weighted by Gasteiger charge is 2.41. The molecule has 0 atom stereocenters. The summed E-state index contributed by atoms with van der Waals surface area (Å²) in [6.45, 7) is 11.2. The lowest BCUT2D eigenvalue weighted by Gasteiger charge is -2.49. The van der Waals surface area contributed by atoms with Crippen LogP contribution >= 0.6 is 0 Å². The summed E-state index contributed by atoms with van der Waals surface area (Å²) in [5.74, 6) is -1.66. The molecular weight excluding hydrogens is 542 g/mol. The van der Waals surface area contributed by atoms with Crippen molar-refractivity contribution in [2.75, 3.05) is 6.61 Å². The Balaban J connectivity index is 0.000000401. The smallest absolute Gasteiger partial charge is 0.336 e. The second-order valence-corrected chi connectivity index (χ2v) is 11.8. The molecule has 11 heteroatoms. The summed E-state index contributed by atoms with van der Waals surface area (Å²) in [7, 11) is 0. The standard InChI is InChI=1S/C25H33N3O.C6H8O7/c1-6-14-29-23-12-9-10-20(15-23)18-28(19-21-11-7-8-13-26-21)22-16-24(2,3)27-25(4,5)17-22;7-3(8)1-6(13,5(11)12)2-4(9)10/h1,7-13,15,22,27H,14,16-19H2,2-5H3;13H,1-2H2,(H,7,8)(H,9,10)(H,11,12). The van der Waals surface area contributed by atoms with Gasteiger partial charge in [0.25, 0.3) is 0 Å². The van der Waals surface area contributed by atoms with Crippen molar-refractivity contribution >= 4 is 17.9 Å². The monoisotopic (exact) mass is 583 g/mol. The largest absolute Gasteiger partial charge is 0.481 e. The molecule has 42 heavy (non-hydrogen) atoms. The maximum atomic E-state index is 10.3. The minimum atomic E-state index is -2.74. The van der Waals surface area contributed by atoms with Crippen LogP contribution in [-0.4, -0.2) is 77.5 Å². The summed E-state index contributed by atoms with van der Waals surface area (Å²) in [5.41, 5.74) is -0.234. The number of aliphatic hydroxyl groups is 1. The van der Waals surface area contributed by atoms with E-state index in [1.807, 2.05) is 24.4 Å². The molecule has 0 bridgehead atoms. The lowest BCUT2D eigenvalue weighted by atomic mass is 9.79. The van der Waals surface area contributed by atoms with Gasteiger partial charge in [-0.1, -0.05) is 24.1 Å². The molecule has 0 spiro atoms. The highest BCUT2D eigenvalue weighted by Crippen LogP contribution is 2.33. The normalized spacial score (nSPS) is 16.0. The van der Waals surface area contributed by atoms with Crippen molar-refractivity contribution in [3.05, 3.63) is 59.9 Å². The number of aromatic nitrogens is 1. The zero-order chi connectivity index (χ0) is 31.6. The number of carboxylic acids is 3. The van der Waals surface area contributed by atoms with Gasteiger partial charge in [0, 0.05) is 36.4 Å². The first-order valence-corrected chi connectivity index (χ1v) is 13.5. The Labute approximate surface area is 246 Å². The molecule has 1 aromatic heterocycles. The highest BCUT2D eigenvalue weighted by molar-refractivity contribution is 5.88. The number of hydrogen-bond donors (Lipinski definition) is 5. The zero-order valence-electron chi connectivity index (χ0n) is 24.5. The summed E-state index contributed by atoms with van der Waals surface area (Å²) >= 11 is 0. The van der Waals surface area contributed by atoms with Crippen LogP contribution in [0.2, 0.25) is 0 Å². The van der Waals surface area contributed by atoms with Crippen LogP contribution in [-0.2, 0) is 27.5 Å². The Morgan fingerprint density at radius 3 is 2.14 bits per heavy atom. The van der Waals surface area contributed by atoms with Gasteiger partial charge >= 0.3 is 17.9 Å². The third-order valence-corrected chi connectivity index (χ3v) is 6.67. The molecule has 1 saturated heterocycles. The SMILES string of the molecule is C#CCOc1cccc(CN(Cc2ccccn2)C2CC(C)(C)NC(C)(C)C2)c1.O=C(O)CC(O)(CC(=O)O)C(=O)O. The Morgan fingerprint density at radius 1 is 1.02 bits per heavy atom. The van der Waals surface area contributed by atoms with E-state index in [4.69, 9.17) is 31.6 Å². The number of nitrogens with one attached hydrogen (secondary N) is 1. The van der Waals surface area contributed by atoms with E-state index in [2.05, 4.69) is 73.1 Å². The molecule has 0 radical (unpaired) electrons. The van der Waals surface area contributed by atoms with Gasteiger partial charge in [-0.15, -0.1) is 6.42 Å². The minimum Gasteiger partial charge on any atom is -0.481 e. The van der Waals surface area contributed by atoms with Gasteiger partial charge in [0.05, 0.1) is 18.5 Å². The lowest BCUT2D eigenvalue weighted by Crippen LogP contribution is -2.62. The van der Waals surface area contributed by atoms with Crippen LogP contribution in [0.1, 0.15) is 64.6 Å². The van der Waals surface area contributed by atoms with Crippen LogP contribution in [0.15, 0.2) is 48.7 Å². The van der Waals surface area contributed by atoms with E-state index in [1.165, 1.54) is 5.56 Å². The molecule has 2 aromatic rings. The average molecular weight is 584 g/mol. The first kappa shape index (κ1) is 34.2. The first-order chi connectivity index (χ1) is 19.5. The lowest BCUT2D eigenvalue weighted by molar-refractivity contribution is -0.170. The molecule has 11 nitrogen and oxygen atoms in total. The number of pyridine rings is 1. The zero-order valence-corrected chi connectivity index (χ0v) is 24.5. The van der Waals surface area contributed by atoms with Gasteiger partial charge in [-0.3, -0.25) is 19.5 Å². The van der Waals surface area contributed by atoms with E-state index in [9.17, 15) is 14.4 Å². The van der Waals surface area contributed by atoms with E-state index in [-0.39, 0.29) is 17.7 Å². The Hall–Kier alpha value is -3.98. The predicted octanol–water partition coefficient (Wildman–Crippen LogP) is 3.16. The van der Waals surface area contributed by atoms with Crippen LogP contribution in [0.4, 0.5) is 0 Å². The van der Waals surface area contributed by atoms with E-state index >= 15 is 0 Å². The number of hydrogen-bond acceptors (Lipinski definition) is 8. The van der Waals surface area contributed by atoms with Crippen molar-refractivity contribution in [3.8, 4) is 18.1 Å². The molecule has 0 aliphatic carbocycles. The van der Waals surface area contributed by atoms with Crippen molar-refractivity contribution in [2.24, 2.45) is 0 Å². The fourth-order valence-electron chi connectivity index (χ4n) is 5.35. The second kappa shape index (κ2) is 14.8. The molecule has 1 aromatic carbocycles. The fourth-order valence-corrected chi connectivity index (χ4v) is 5.35. The molecule has 5 N–H and O–H groups in total. The summed E-state index contributed by atoms with van der Waals surface area (Å²) in [5, 5.41) is 37.6. The molecule has 1 aliphatic heterocycles. The number of carbonyl (C=O) groups is 3. The fraction of sp³-hybridized carbons (Fsp3) is 0.484. The summed E-state index contributed by atoms with van der Waals surface area (Å²) in [4.78, 5) is 37.6. The minimum absolute atomic E-state index is 0.0898. The average Bonchev–Trinajstić information content (AvgIpc) is 2.85. The molecule has 0 saturated carbocycles. The molecule has 0 amide bonds. The molecule has 2 heterocycles. The van der Waals surface area contributed by atoms with Gasteiger partial charge in [-0.2, -0.15) is 0 Å². The van der Waals surface area contributed by atoms with E-state index in [0.29, 0.717) is 6.04 Å². The molecule has 228 valence electrons. The van der Waals surface area contributed by atoms with Crippen LogP contribution in [0.5, 0.6) is 5.75 Å². The number of terminal acetylenes is 1. The number of nitrogens with zero attached hydrogens (tertiary/aromatic N) is 2. The van der Waals surface area contributed by atoms with E-state index in [1.54, 1.807) is 0 Å². The van der Waals surface area contributed by atoms with Crippen molar-refractivity contribution in [2.45, 2.75) is 89.2 Å². The third kappa shape index (κ3) is 11.5. The maximum absolute atomic E-state index is 10.3. The summed E-state index contributed by atoms with van der Waals surface area (Å²) < 4.78 is 5.63. The Morgan fingerprint density at radius 2 is 1.64 bits per heavy atom. The van der Waals surface area contributed by atoms with Gasteiger partial charge in [0.2, 0.25) is 0 Å². The molecule has 3 rings (SSSR count). The predicted molar refractivity (Wildman–Crippen MR) is 156 cm³/mol. The van der Waals surface area contributed by atoms with Gasteiger partial charge in [0.15, 0.2) is 5.60 Å². The number of carboxylic acid groups (broad SMARTS) is 3. The topological polar surface area (TPSA) is 170 Å². The van der Waals surface area contributed by atoms with Crippen molar-refractivity contribution in [1.82, 2.24) is 15.2 Å². The van der Waals surface area contributed by atoms with Gasteiger partial charge < -0.3 is 30.5 Å². The molecule has 1 fully saturated rings. The number of rotatable bonds is 12. The quantitative estimate of drug-likeness (QED) is 0.233. The Kier molecular flexibility index (Phi) is 12.0. The van der Waals surface area contributed by atoms with Gasteiger partial charge in [-0.25, -0.2) is 4.79 Å². The number of piperidine rings is 1. The van der Waals surface area contributed by atoms with E-state index in [0.717, 1.165) is 37.4 Å². The van der Waals surface area contributed by atoms with Crippen molar-refractivity contribution < 1.29 is 39.5 Å². The number of ether oxygens (including phenoxy) is 1. The van der Waals surface area contributed by atoms with Crippen LogP contribution in [0.3, 0.4) is 0 Å². The van der Waals surface area contributed by atoms with Crippen molar-refractivity contribution in [1.29, 1.82) is 0 Å². The number of benzene rings is 1. The maximum Gasteiger partial charge on any atom is 0.336 e. The molecular formula is C31H41N3O8. The molecule has 1 aliphatic rings. The summed E-state index contributed by atoms with van der Waals surface area (Å²) in [6.07, 6.45) is 7.11. The third-order valence-electron chi connectivity index (χ3n) is 6.67. The van der Waals surface area contributed by atoms with Crippen LogP contribution in [0, 0.1) is 12.3 Å². The first-order valence-electron chi connectivity index (χ1n) is 13.5. The summed E-state index contributed by atoms with van der Waals surface area (Å²) in [6, 6.07) is 14.8. The van der Waals surface area contributed by atoms with Gasteiger partial charge in [0.1, 0.15) is 12.4 Å².